The molecule has 3 N–H and O–H groups in total. The third-order valence-corrected chi connectivity index (χ3v) is 4.36. The van der Waals surface area contributed by atoms with Crippen molar-refractivity contribution in [1.82, 2.24) is 5.32 Å². The number of hydrogen-bond acceptors (Lipinski definition) is 3. The first kappa shape index (κ1) is 19.4. The van der Waals surface area contributed by atoms with Gasteiger partial charge < -0.3 is 15.8 Å². The molecule has 0 heterocycles. The van der Waals surface area contributed by atoms with Gasteiger partial charge in [-0.2, -0.15) is 0 Å². The van der Waals surface area contributed by atoms with E-state index in [9.17, 15) is 9.59 Å². The Labute approximate surface area is 160 Å². The van der Waals surface area contributed by atoms with Crippen molar-refractivity contribution in [2.75, 3.05) is 0 Å². The fraction of sp³-hybridized carbons (Fsp3) is 0.176. The van der Waals surface area contributed by atoms with E-state index in [0.717, 1.165) is 0 Å². The first-order chi connectivity index (χ1) is 11.9. The van der Waals surface area contributed by atoms with E-state index >= 15 is 0 Å². The number of halogens is 3. The molecule has 2 aromatic carbocycles. The highest BCUT2D eigenvalue weighted by molar-refractivity contribution is 6.36. The molecule has 1 atom stereocenters. The lowest BCUT2D eigenvalue weighted by molar-refractivity contribution is -0.145. The molecule has 0 aliphatic carbocycles. The lowest BCUT2D eigenvalue weighted by Gasteiger charge is -2.17. The smallest absolute Gasteiger partial charge is 0.312 e. The molecular weight excluding hydrogens is 387 g/mol. The van der Waals surface area contributed by atoms with Crippen molar-refractivity contribution in [2.24, 2.45) is 5.73 Å². The Morgan fingerprint density at radius 2 is 1.64 bits per heavy atom. The lowest BCUT2D eigenvalue weighted by Crippen LogP contribution is -2.34. The second kappa shape index (κ2) is 8.94. The zero-order chi connectivity index (χ0) is 18.4. The first-order valence-electron chi connectivity index (χ1n) is 7.26. The summed E-state index contributed by atoms with van der Waals surface area (Å²) in [5, 5.41) is 3.86. The molecule has 0 saturated heterocycles. The highest BCUT2D eigenvalue weighted by Crippen LogP contribution is 2.26. The minimum Gasteiger partial charge on any atom is -0.461 e. The molecule has 0 bridgehead atoms. The van der Waals surface area contributed by atoms with Crippen LogP contribution in [0.4, 0.5) is 4.79 Å². The molecule has 0 fully saturated rings. The highest BCUT2D eigenvalue weighted by atomic mass is 35.5. The van der Waals surface area contributed by atoms with Crippen LogP contribution in [0, 0.1) is 0 Å². The molecule has 25 heavy (non-hydrogen) atoms. The number of carbonyl (C=O) groups is 2. The number of ether oxygens (including phenoxy) is 1. The summed E-state index contributed by atoms with van der Waals surface area (Å²) < 4.78 is 5.22. The van der Waals surface area contributed by atoms with Crippen LogP contribution in [0.25, 0.3) is 0 Å². The van der Waals surface area contributed by atoms with E-state index in [2.05, 4.69) is 5.32 Å². The van der Waals surface area contributed by atoms with Gasteiger partial charge in [-0.3, -0.25) is 4.79 Å². The standard InChI is InChI=1S/C17H15Cl3N2O3/c18-11-6-4-10(5-7-11)15(22-17(21)24)8-16(23)25-9-12-13(19)2-1-3-14(12)20/h1-7,15H,8-9H2,(H3,21,22,24)/t15-/m0/s1. The molecule has 0 unspecified atom stereocenters. The second-order valence-electron chi connectivity index (χ2n) is 5.18. The van der Waals surface area contributed by atoms with E-state index in [0.29, 0.717) is 26.2 Å². The van der Waals surface area contributed by atoms with Gasteiger partial charge in [0.05, 0.1) is 12.5 Å². The number of amides is 2. The zero-order valence-electron chi connectivity index (χ0n) is 13.0. The van der Waals surface area contributed by atoms with Crippen molar-refractivity contribution >= 4 is 46.8 Å². The van der Waals surface area contributed by atoms with Crippen molar-refractivity contribution in [1.29, 1.82) is 0 Å². The van der Waals surface area contributed by atoms with Crippen LogP contribution in [0.2, 0.25) is 15.1 Å². The minimum absolute atomic E-state index is 0.0682. The van der Waals surface area contributed by atoms with Gasteiger partial charge in [0.15, 0.2) is 0 Å². The second-order valence-corrected chi connectivity index (χ2v) is 6.43. The van der Waals surface area contributed by atoms with Gasteiger partial charge in [0.2, 0.25) is 0 Å². The molecule has 0 radical (unpaired) electrons. The molecule has 0 saturated carbocycles. The van der Waals surface area contributed by atoms with Crippen LogP contribution in [-0.4, -0.2) is 12.0 Å². The highest BCUT2D eigenvalue weighted by Gasteiger charge is 2.19. The van der Waals surface area contributed by atoms with Gasteiger partial charge in [-0.1, -0.05) is 53.0 Å². The number of carbonyl (C=O) groups excluding carboxylic acids is 2. The van der Waals surface area contributed by atoms with Crippen molar-refractivity contribution in [3.8, 4) is 0 Å². The Kier molecular flexibility index (Phi) is 6.93. The van der Waals surface area contributed by atoms with E-state index in [1.807, 2.05) is 0 Å². The molecule has 0 aliphatic rings. The maximum atomic E-state index is 12.1. The van der Waals surface area contributed by atoms with Crippen LogP contribution < -0.4 is 11.1 Å². The Morgan fingerprint density at radius 3 is 2.20 bits per heavy atom. The van der Waals surface area contributed by atoms with Gasteiger partial charge in [-0.15, -0.1) is 0 Å². The summed E-state index contributed by atoms with van der Waals surface area (Å²) in [5.41, 5.74) is 6.37. The molecule has 8 heteroatoms. The normalized spacial score (nSPS) is 11.6. The van der Waals surface area contributed by atoms with Crippen LogP contribution in [0.1, 0.15) is 23.6 Å². The molecule has 2 amide bonds. The molecule has 0 spiro atoms. The monoisotopic (exact) mass is 400 g/mol. The Balaban J connectivity index is 2.04. The fourth-order valence-electron chi connectivity index (χ4n) is 2.17. The Hall–Kier alpha value is -1.95. The van der Waals surface area contributed by atoms with Crippen LogP contribution in [0.5, 0.6) is 0 Å². The van der Waals surface area contributed by atoms with E-state index in [-0.39, 0.29) is 13.0 Å². The third-order valence-electron chi connectivity index (χ3n) is 3.40. The Morgan fingerprint density at radius 1 is 1.04 bits per heavy atom. The Bertz CT molecular complexity index is 746. The van der Waals surface area contributed by atoms with E-state index < -0.39 is 18.0 Å². The molecule has 2 rings (SSSR count). The molecule has 0 aromatic heterocycles. The summed E-state index contributed by atoms with van der Waals surface area (Å²) >= 11 is 17.9. The predicted molar refractivity (Wildman–Crippen MR) is 97.8 cm³/mol. The quantitative estimate of drug-likeness (QED) is 0.700. The number of benzene rings is 2. The number of urea groups is 1. The van der Waals surface area contributed by atoms with Crippen LogP contribution >= 0.6 is 34.8 Å². The van der Waals surface area contributed by atoms with Crippen molar-refractivity contribution in [2.45, 2.75) is 19.1 Å². The van der Waals surface area contributed by atoms with Crippen molar-refractivity contribution < 1.29 is 14.3 Å². The maximum absolute atomic E-state index is 12.1. The first-order valence-corrected chi connectivity index (χ1v) is 8.40. The average molecular weight is 402 g/mol. The summed E-state index contributed by atoms with van der Waals surface area (Å²) in [5.74, 6) is -0.537. The number of nitrogens with one attached hydrogen (secondary N) is 1. The summed E-state index contributed by atoms with van der Waals surface area (Å²) in [4.78, 5) is 23.3. The van der Waals surface area contributed by atoms with Gasteiger partial charge in [0.1, 0.15) is 6.61 Å². The lowest BCUT2D eigenvalue weighted by atomic mass is 10.0. The maximum Gasteiger partial charge on any atom is 0.312 e. The predicted octanol–water partition coefficient (Wildman–Crippen LogP) is 4.49. The average Bonchev–Trinajstić information content (AvgIpc) is 2.54. The summed E-state index contributed by atoms with van der Waals surface area (Å²) in [6.45, 7) is -0.0682. The number of primary amides is 1. The van der Waals surface area contributed by atoms with Crippen LogP contribution in [-0.2, 0) is 16.1 Å². The molecule has 5 nitrogen and oxygen atoms in total. The van der Waals surface area contributed by atoms with Crippen LogP contribution in [0.15, 0.2) is 42.5 Å². The van der Waals surface area contributed by atoms with Crippen molar-refractivity contribution in [3.63, 3.8) is 0 Å². The van der Waals surface area contributed by atoms with Gasteiger partial charge in [0, 0.05) is 20.6 Å². The number of rotatable bonds is 6. The molecule has 2 aromatic rings. The van der Waals surface area contributed by atoms with Gasteiger partial charge in [-0.05, 0) is 29.8 Å². The summed E-state index contributed by atoms with van der Waals surface area (Å²) in [7, 11) is 0. The number of hydrogen-bond donors (Lipinski definition) is 2. The van der Waals surface area contributed by atoms with Crippen LogP contribution in [0.3, 0.4) is 0 Å². The molecule has 132 valence electrons. The van der Waals surface area contributed by atoms with E-state index in [4.69, 9.17) is 45.3 Å². The zero-order valence-corrected chi connectivity index (χ0v) is 15.2. The fourth-order valence-corrected chi connectivity index (χ4v) is 2.80. The topological polar surface area (TPSA) is 81.4 Å². The summed E-state index contributed by atoms with van der Waals surface area (Å²) in [6, 6.07) is 10.3. The van der Waals surface area contributed by atoms with E-state index in [1.165, 1.54) is 0 Å². The van der Waals surface area contributed by atoms with Gasteiger partial charge >= 0.3 is 12.0 Å². The number of esters is 1. The minimum atomic E-state index is -0.748. The molecule has 0 aliphatic heterocycles. The third kappa shape index (κ3) is 5.81. The largest absolute Gasteiger partial charge is 0.461 e. The number of nitrogens with two attached hydrogens (primary N) is 1. The summed E-state index contributed by atoms with van der Waals surface area (Å²) in [6.07, 6.45) is -0.105. The van der Waals surface area contributed by atoms with Gasteiger partial charge in [0.25, 0.3) is 0 Å². The van der Waals surface area contributed by atoms with Crippen molar-refractivity contribution in [3.05, 3.63) is 68.7 Å². The molecular formula is C17H15Cl3N2O3. The van der Waals surface area contributed by atoms with E-state index in [1.54, 1.807) is 42.5 Å². The van der Waals surface area contributed by atoms with Gasteiger partial charge in [-0.25, -0.2) is 4.79 Å². The SMILES string of the molecule is NC(=O)N[C@@H](CC(=O)OCc1c(Cl)cccc1Cl)c1ccc(Cl)cc1.